The van der Waals surface area contributed by atoms with Gasteiger partial charge in [-0.3, -0.25) is 4.90 Å². The summed E-state index contributed by atoms with van der Waals surface area (Å²) in [7, 11) is 2.03. The van der Waals surface area contributed by atoms with E-state index in [0.29, 0.717) is 11.8 Å². The summed E-state index contributed by atoms with van der Waals surface area (Å²) in [6.45, 7) is 3.12. The second kappa shape index (κ2) is 7.34. The summed E-state index contributed by atoms with van der Waals surface area (Å²) in [4.78, 5) is 2.43. The molecule has 1 aromatic rings. The van der Waals surface area contributed by atoms with E-state index in [1.54, 1.807) is 6.07 Å². The smallest absolute Gasteiger partial charge is 0.115 e. The first-order valence-corrected chi connectivity index (χ1v) is 6.85. The molecule has 5 heteroatoms. The average molecular weight is 336 g/mol. The Bertz CT molecular complexity index is 389. The quantitative estimate of drug-likeness (QED) is 0.891. The molecule has 0 aliphatic carbocycles. The van der Waals surface area contributed by atoms with Crippen molar-refractivity contribution in [2.75, 3.05) is 20.1 Å². The van der Waals surface area contributed by atoms with Gasteiger partial charge in [-0.25, -0.2) is 0 Å². The average Bonchev–Trinajstić information content (AvgIpc) is 2.34. The molecule has 1 atom stereocenters. The third-order valence-electron chi connectivity index (χ3n) is 3.34. The fourth-order valence-corrected chi connectivity index (χ4v) is 2.73. The van der Waals surface area contributed by atoms with E-state index in [9.17, 15) is 5.11 Å². The van der Waals surface area contributed by atoms with E-state index in [-0.39, 0.29) is 12.4 Å². The van der Waals surface area contributed by atoms with Gasteiger partial charge in [0, 0.05) is 23.6 Å². The number of piperidine rings is 1. The maximum absolute atomic E-state index is 9.51. The minimum absolute atomic E-state index is 0. The second-order valence-corrected chi connectivity index (χ2v) is 5.49. The van der Waals surface area contributed by atoms with Crippen molar-refractivity contribution in [3.63, 3.8) is 0 Å². The number of likely N-dealkylation sites (tertiary alicyclic amines) is 1. The molecule has 102 valence electrons. The molecule has 1 aromatic carbocycles. The van der Waals surface area contributed by atoms with Crippen LogP contribution >= 0.6 is 28.3 Å². The molecule has 0 bridgehead atoms. The molecule has 1 aliphatic rings. The second-order valence-electron chi connectivity index (χ2n) is 4.64. The number of likely N-dealkylation sites (N-methyl/N-ethyl adjacent to an activating group) is 1. The predicted molar refractivity (Wildman–Crippen MR) is 80.4 cm³/mol. The van der Waals surface area contributed by atoms with E-state index in [4.69, 9.17) is 0 Å². The molecule has 0 amide bonds. The highest BCUT2D eigenvalue weighted by atomic mass is 79.9. The van der Waals surface area contributed by atoms with Gasteiger partial charge in [0.2, 0.25) is 0 Å². The Morgan fingerprint density at radius 3 is 3.00 bits per heavy atom. The van der Waals surface area contributed by atoms with Crippen molar-refractivity contribution >= 4 is 28.3 Å². The van der Waals surface area contributed by atoms with E-state index in [0.717, 1.165) is 29.7 Å². The van der Waals surface area contributed by atoms with Gasteiger partial charge in [-0.15, -0.1) is 12.4 Å². The molecule has 1 unspecified atom stereocenters. The van der Waals surface area contributed by atoms with Crippen LogP contribution in [0.15, 0.2) is 22.7 Å². The number of aromatic hydroxyl groups is 1. The van der Waals surface area contributed by atoms with E-state index >= 15 is 0 Å². The van der Waals surface area contributed by atoms with Crippen LogP contribution < -0.4 is 5.32 Å². The Morgan fingerprint density at radius 1 is 1.50 bits per heavy atom. The minimum atomic E-state index is 0. The number of hydrogen-bond donors (Lipinski definition) is 2. The monoisotopic (exact) mass is 334 g/mol. The van der Waals surface area contributed by atoms with Crippen molar-refractivity contribution in [1.29, 1.82) is 0 Å². The lowest BCUT2D eigenvalue weighted by molar-refractivity contribution is 0.187. The number of phenols is 1. The van der Waals surface area contributed by atoms with E-state index in [1.165, 1.54) is 12.8 Å². The Labute approximate surface area is 123 Å². The maximum atomic E-state index is 9.51. The number of nitrogens with zero attached hydrogens (tertiary/aromatic N) is 1. The van der Waals surface area contributed by atoms with Crippen LogP contribution in [0.1, 0.15) is 18.4 Å². The topological polar surface area (TPSA) is 35.5 Å². The molecule has 1 saturated heterocycles. The van der Waals surface area contributed by atoms with Crippen molar-refractivity contribution in [3.8, 4) is 5.75 Å². The summed E-state index contributed by atoms with van der Waals surface area (Å²) >= 11 is 3.54. The van der Waals surface area contributed by atoms with Crippen LogP contribution in [0.2, 0.25) is 0 Å². The zero-order valence-electron chi connectivity index (χ0n) is 10.5. The summed E-state index contributed by atoms with van der Waals surface area (Å²) in [5, 5.41) is 12.9. The number of rotatable bonds is 3. The minimum Gasteiger partial charge on any atom is -0.508 e. The lowest BCUT2D eigenvalue weighted by Crippen LogP contribution is -2.43. The predicted octanol–water partition coefficient (Wildman–Crippen LogP) is 2.76. The third-order valence-corrected chi connectivity index (χ3v) is 4.11. The fourth-order valence-electron chi connectivity index (χ4n) is 2.36. The Balaban J connectivity index is 0.00000162. The molecular formula is C13H20BrClN2O. The molecule has 0 saturated carbocycles. The van der Waals surface area contributed by atoms with Crippen LogP contribution in [0.4, 0.5) is 0 Å². The van der Waals surface area contributed by atoms with Gasteiger partial charge in [-0.2, -0.15) is 0 Å². The largest absolute Gasteiger partial charge is 0.508 e. The lowest BCUT2D eigenvalue weighted by Gasteiger charge is -2.32. The van der Waals surface area contributed by atoms with E-state index in [1.807, 2.05) is 19.2 Å². The van der Waals surface area contributed by atoms with Gasteiger partial charge < -0.3 is 10.4 Å². The summed E-state index contributed by atoms with van der Waals surface area (Å²) in [6.07, 6.45) is 2.50. The molecule has 3 nitrogen and oxygen atoms in total. The number of nitrogens with one attached hydrogen (secondary N) is 1. The highest BCUT2D eigenvalue weighted by Gasteiger charge is 2.19. The summed E-state index contributed by atoms with van der Waals surface area (Å²) in [5.74, 6) is 0.338. The molecular weight excluding hydrogens is 316 g/mol. The number of halogens is 2. The number of phenolic OH excluding ortho intramolecular Hbond substituents is 1. The van der Waals surface area contributed by atoms with Gasteiger partial charge >= 0.3 is 0 Å². The molecule has 2 rings (SSSR count). The third kappa shape index (κ3) is 4.12. The summed E-state index contributed by atoms with van der Waals surface area (Å²) < 4.78 is 1.07. The first kappa shape index (κ1) is 15.8. The molecule has 1 aliphatic heterocycles. The van der Waals surface area contributed by atoms with Crippen molar-refractivity contribution in [3.05, 3.63) is 28.2 Å². The number of hydrogen-bond acceptors (Lipinski definition) is 3. The highest BCUT2D eigenvalue weighted by Crippen LogP contribution is 2.24. The Morgan fingerprint density at radius 2 is 2.28 bits per heavy atom. The zero-order valence-corrected chi connectivity index (χ0v) is 12.9. The van der Waals surface area contributed by atoms with Crippen LogP contribution in [-0.4, -0.2) is 36.2 Å². The van der Waals surface area contributed by atoms with Gasteiger partial charge in [0.05, 0.1) is 0 Å². The molecule has 18 heavy (non-hydrogen) atoms. The van der Waals surface area contributed by atoms with E-state index < -0.39 is 0 Å². The molecule has 1 fully saturated rings. The van der Waals surface area contributed by atoms with Gasteiger partial charge in [0.25, 0.3) is 0 Å². The number of benzene rings is 1. The van der Waals surface area contributed by atoms with Crippen LogP contribution in [0.5, 0.6) is 5.75 Å². The zero-order chi connectivity index (χ0) is 12.3. The maximum Gasteiger partial charge on any atom is 0.115 e. The Hall–Kier alpha value is -0.290. The lowest BCUT2D eigenvalue weighted by atomic mass is 10.0. The standard InChI is InChI=1S/C13H19BrN2O.ClH/c1-15-11-3-2-6-16(9-11)8-10-7-12(17)4-5-13(10)14;/h4-5,7,11,15,17H,2-3,6,8-9H2,1H3;1H. The molecule has 0 radical (unpaired) electrons. The molecule has 1 heterocycles. The highest BCUT2D eigenvalue weighted by molar-refractivity contribution is 9.10. The van der Waals surface area contributed by atoms with Crippen molar-refractivity contribution < 1.29 is 5.11 Å². The summed E-state index contributed by atoms with van der Waals surface area (Å²) in [6, 6.07) is 6.05. The van der Waals surface area contributed by atoms with Crippen molar-refractivity contribution in [2.24, 2.45) is 0 Å². The summed E-state index contributed by atoms with van der Waals surface area (Å²) in [5.41, 5.74) is 1.15. The SMILES string of the molecule is CNC1CCCN(Cc2cc(O)ccc2Br)C1.Cl. The van der Waals surface area contributed by atoms with Crippen molar-refractivity contribution in [1.82, 2.24) is 10.2 Å². The van der Waals surface area contributed by atoms with E-state index in [2.05, 4.69) is 26.1 Å². The molecule has 0 aromatic heterocycles. The van der Waals surface area contributed by atoms with Crippen LogP contribution in [0.25, 0.3) is 0 Å². The fraction of sp³-hybridized carbons (Fsp3) is 0.538. The normalized spacial score (nSPS) is 20.4. The van der Waals surface area contributed by atoms with Crippen LogP contribution in [0, 0.1) is 0 Å². The van der Waals surface area contributed by atoms with Gasteiger partial charge in [0.15, 0.2) is 0 Å². The first-order chi connectivity index (χ1) is 8.19. The van der Waals surface area contributed by atoms with Gasteiger partial charge in [-0.05, 0) is 50.2 Å². The first-order valence-electron chi connectivity index (χ1n) is 6.06. The van der Waals surface area contributed by atoms with Crippen LogP contribution in [-0.2, 0) is 6.54 Å². The van der Waals surface area contributed by atoms with Gasteiger partial charge in [0.1, 0.15) is 5.75 Å². The Kier molecular flexibility index (Phi) is 6.43. The molecule has 0 spiro atoms. The molecule has 2 N–H and O–H groups in total. The van der Waals surface area contributed by atoms with Crippen LogP contribution in [0.3, 0.4) is 0 Å². The van der Waals surface area contributed by atoms with Gasteiger partial charge in [-0.1, -0.05) is 15.9 Å². The van der Waals surface area contributed by atoms with Crippen molar-refractivity contribution in [2.45, 2.75) is 25.4 Å².